The third-order valence-electron chi connectivity index (χ3n) is 2.92. The van der Waals surface area contributed by atoms with Gasteiger partial charge in [0.25, 0.3) is 0 Å². The van der Waals surface area contributed by atoms with Crippen molar-refractivity contribution in [2.24, 2.45) is 0 Å². The lowest BCUT2D eigenvalue weighted by Crippen LogP contribution is -2.39. The van der Waals surface area contributed by atoms with E-state index in [4.69, 9.17) is 11.6 Å². The summed E-state index contributed by atoms with van der Waals surface area (Å²) >= 11 is 5.83. The number of benzene rings is 1. The number of carbonyl (C=O) groups excluding carboxylic acids is 1. The van der Waals surface area contributed by atoms with Crippen LogP contribution in [0, 0.1) is 0 Å². The molecule has 0 aliphatic rings. The highest BCUT2D eigenvalue weighted by Crippen LogP contribution is 2.07. The molecule has 0 aliphatic carbocycles. The summed E-state index contributed by atoms with van der Waals surface area (Å²) in [5, 5.41) is 12.3. The first-order valence-corrected chi connectivity index (χ1v) is 7.13. The molecule has 3 nitrogen and oxygen atoms in total. The van der Waals surface area contributed by atoms with Gasteiger partial charge in [-0.2, -0.15) is 0 Å². The van der Waals surface area contributed by atoms with Crippen molar-refractivity contribution in [3.63, 3.8) is 0 Å². The van der Waals surface area contributed by atoms with Crippen LogP contribution in [0.2, 0.25) is 0 Å². The SMILES string of the molecule is CC(Cl)CCCC(=O)NC(CO)Cc1ccccc1. The lowest BCUT2D eigenvalue weighted by atomic mass is 10.1. The van der Waals surface area contributed by atoms with Crippen molar-refractivity contribution in [1.29, 1.82) is 0 Å². The average Bonchev–Trinajstić information content (AvgIpc) is 2.38. The van der Waals surface area contributed by atoms with Crippen LogP contribution in [0.5, 0.6) is 0 Å². The second-order valence-electron chi connectivity index (χ2n) is 4.81. The van der Waals surface area contributed by atoms with Crippen molar-refractivity contribution in [2.45, 2.75) is 44.0 Å². The predicted octanol–water partition coefficient (Wildman–Crippen LogP) is 2.50. The molecule has 4 heteroatoms. The zero-order chi connectivity index (χ0) is 14.1. The molecule has 19 heavy (non-hydrogen) atoms. The van der Waals surface area contributed by atoms with Gasteiger partial charge in [-0.3, -0.25) is 4.79 Å². The molecule has 0 saturated heterocycles. The van der Waals surface area contributed by atoms with E-state index < -0.39 is 0 Å². The maximum Gasteiger partial charge on any atom is 0.220 e. The van der Waals surface area contributed by atoms with Gasteiger partial charge in [-0.15, -0.1) is 11.6 Å². The third kappa shape index (κ3) is 7.19. The molecule has 1 rings (SSSR count). The van der Waals surface area contributed by atoms with Gasteiger partial charge in [-0.1, -0.05) is 30.3 Å². The molecule has 0 aromatic heterocycles. The molecule has 1 amide bonds. The van der Waals surface area contributed by atoms with Crippen LogP contribution < -0.4 is 5.32 Å². The summed E-state index contributed by atoms with van der Waals surface area (Å²) in [6.45, 7) is 1.87. The Morgan fingerprint density at radius 3 is 2.63 bits per heavy atom. The van der Waals surface area contributed by atoms with Gasteiger partial charge in [0, 0.05) is 11.8 Å². The van der Waals surface area contributed by atoms with Crippen LogP contribution in [0.4, 0.5) is 0 Å². The summed E-state index contributed by atoms with van der Waals surface area (Å²) in [6, 6.07) is 9.61. The Labute approximate surface area is 120 Å². The van der Waals surface area contributed by atoms with Gasteiger partial charge >= 0.3 is 0 Å². The van der Waals surface area contributed by atoms with E-state index in [1.165, 1.54) is 0 Å². The first-order chi connectivity index (χ1) is 9.11. The van der Waals surface area contributed by atoms with Gasteiger partial charge in [-0.25, -0.2) is 0 Å². The number of halogens is 1. The molecule has 0 aliphatic heterocycles. The van der Waals surface area contributed by atoms with Crippen LogP contribution in [0.25, 0.3) is 0 Å². The van der Waals surface area contributed by atoms with Crippen molar-refractivity contribution < 1.29 is 9.90 Å². The van der Waals surface area contributed by atoms with Gasteiger partial charge < -0.3 is 10.4 Å². The molecule has 2 N–H and O–H groups in total. The number of amides is 1. The summed E-state index contributed by atoms with van der Waals surface area (Å²) in [7, 11) is 0. The summed E-state index contributed by atoms with van der Waals surface area (Å²) < 4.78 is 0. The van der Waals surface area contributed by atoms with Crippen molar-refractivity contribution in [2.75, 3.05) is 6.61 Å². The maximum atomic E-state index is 11.7. The second-order valence-corrected chi connectivity index (χ2v) is 5.55. The van der Waals surface area contributed by atoms with Crippen LogP contribution in [0.3, 0.4) is 0 Å². The summed E-state index contributed by atoms with van der Waals surface area (Å²) in [6.07, 6.45) is 2.72. The minimum absolute atomic E-state index is 0.0210. The number of alkyl halides is 1. The highest BCUT2D eigenvalue weighted by Gasteiger charge is 2.12. The normalized spacial score (nSPS) is 13.8. The largest absolute Gasteiger partial charge is 0.394 e. The molecule has 2 unspecified atom stereocenters. The number of aliphatic hydroxyl groups is 1. The Kier molecular flexibility index (Phi) is 7.53. The van der Waals surface area contributed by atoms with Crippen molar-refractivity contribution in [1.82, 2.24) is 5.32 Å². The van der Waals surface area contributed by atoms with Crippen LogP contribution in [0.1, 0.15) is 31.7 Å². The van der Waals surface area contributed by atoms with Crippen LogP contribution in [-0.4, -0.2) is 29.0 Å². The third-order valence-corrected chi connectivity index (χ3v) is 3.13. The Hall–Kier alpha value is -1.06. The molecule has 0 fully saturated rings. The Balaban J connectivity index is 2.33. The van der Waals surface area contributed by atoms with Gasteiger partial charge in [0.1, 0.15) is 0 Å². The Bertz CT molecular complexity index is 368. The summed E-state index contributed by atoms with van der Waals surface area (Å²) in [5.74, 6) is -0.0210. The predicted molar refractivity (Wildman–Crippen MR) is 78.3 cm³/mol. The van der Waals surface area contributed by atoms with E-state index in [1.807, 2.05) is 37.3 Å². The number of carbonyl (C=O) groups is 1. The van der Waals surface area contributed by atoms with E-state index in [0.717, 1.165) is 18.4 Å². The molecule has 106 valence electrons. The Morgan fingerprint density at radius 1 is 1.37 bits per heavy atom. The average molecular weight is 284 g/mol. The van der Waals surface area contributed by atoms with Gasteiger partial charge in [-0.05, 0) is 31.7 Å². The molecule has 0 saturated carbocycles. The van der Waals surface area contributed by atoms with E-state index in [2.05, 4.69) is 5.32 Å². The lowest BCUT2D eigenvalue weighted by Gasteiger charge is -2.16. The van der Waals surface area contributed by atoms with Crippen molar-refractivity contribution >= 4 is 17.5 Å². The number of nitrogens with one attached hydrogen (secondary N) is 1. The van der Waals surface area contributed by atoms with Crippen LogP contribution >= 0.6 is 11.6 Å². The molecule has 1 aromatic carbocycles. The smallest absolute Gasteiger partial charge is 0.220 e. The molecular formula is C15H22ClNO2. The van der Waals surface area contributed by atoms with E-state index in [1.54, 1.807) is 0 Å². The van der Waals surface area contributed by atoms with Gasteiger partial charge in [0.15, 0.2) is 0 Å². The lowest BCUT2D eigenvalue weighted by molar-refractivity contribution is -0.122. The minimum atomic E-state index is -0.219. The van der Waals surface area contributed by atoms with Crippen molar-refractivity contribution in [3.8, 4) is 0 Å². The first-order valence-electron chi connectivity index (χ1n) is 6.70. The quantitative estimate of drug-likeness (QED) is 0.720. The van der Waals surface area contributed by atoms with E-state index >= 15 is 0 Å². The van der Waals surface area contributed by atoms with E-state index in [9.17, 15) is 9.90 Å². The molecule has 0 bridgehead atoms. The highest BCUT2D eigenvalue weighted by molar-refractivity contribution is 6.20. The summed E-state index contributed by atoms with van der Waals surface area (Å²) in [4.78, 5) is 11.7. The zero-order valence-electron chi connectivity index (χ0n) is 11.3. The zero-order valence-corrected chi connectivity index (χ0v) is 12.1. The molecular weight excluding hydrogens is 262 g/mol. The van der Waals surface area contributed by atoms with Gasteiger partial charge in [0.2, 0.25) is 5.91 Å². The van der Waals surface area contributed by atoms with E-state index in [0.29, 0.717) is 12.8 Å². The topological polar surface area (TPSA) is 49.3 Å². The molecule has 0 radical (unpaired) electrons. The number of rotatable bonds is 8. The summed E-state index contributed by atoms with van der Waals surface area (Å²) in [5.41, 5.74) is 1.11. The maximum absolute atomic E-state index is 11.7. The van der Waals surface area contributed by atoms with E-state index in [-0.39, 0.29) is 23.9 Å². The fraction of sp³-hybridized carbons (Fsp3) is 0.533. The Morgan fingerprint density at radius 2 is 2.05 bits per heavy atom. The second kappa shape index (κ2) is 8.94. The minimum Gasteiger partial charge on any atom is -0.394 e. The fourth-order valence-electron chi connectivity index (χ4n) is 1.90. The first kappa shape index (κ1) is 16.0. The molecule has 0 spiro atoms. The molecule has 2 atom stereocenters. The van der Waals surface area contributed by atoms with Gasteiger partial charge in [0.05, 0.1) is 12.6 Å². The van der Waals surface area contributed by atoms with Crippen molar-refractivity contribution in [3.05, 3.63) is 35.9 Å². The number of hydrogen-bond acceptors (Lipinski definition) is 2. The van der Waals surface area contributed by atoms with Crippen LogP contribution in [0.15, 0.2) is 30.3 Å². The molecule has 0 heterocycles. The number of hydrogen-bond donors (Lipinski definition) is 2. The fourth-order valence-corrected chi connectivity index (χ4v) is 2.06. The number of aliphatic hydroxyl groups excluding tert-OH is 1. The monoisotopic (exact) mass is 283 g/mol. The molecule has 1 aromatic rings. The van der Waals surface area contributed by atoms with Crippen LogP contribution in [-0.2, 0) is 11.2 Å². The standard InChI is InChI=1S/C15H22ClNO2/c1-12(16)6-5-9-15(19)17-14(11-18)10-13-7-3-2-4-8-13/h2-4,7-8,12,14,18H,5-6,9-11H2,1H3,(H,17,19). The highest BCUT2D eigenvalue weighted by atomic mass is 35.5.